The van der Waals surface area contributed by atoms with E-state index >= 15 is 0 Å². The molecule has 1 aromatic rings. The maximum atomic E-state index is 13.4. The summed E-state index contributed by atoms with van der Waals surface area (Å²) < 4.78 is 40.8. The Bertz CT molecular complexity index is 643. The Kier molecular flexibility index (Phi) is 5.16. The van der Waals surface area contributed by atoms with Crippen LogP contribution in [0.4, 0.5) is 4.39 Å². The fraction of sp³-hybridized carbons (Fsp3) is 0.600. The van der Waals surface area contributed by atoms with Gasteiger partial charge in [0.05, 0.1) is 4.90 Å². The number of aryl methyl sites for hydroxylation is 2. The van der Waals surface area contributed by atoms with Gasteiger partial charge in [0.2, 0.25) is 10.0 Å². The summed E-state index contributed by atoms with van der Waals surface area (Å²) in [5.41, 5.74) is 0.971. The van der Waals surface area contributed by atoms with E-state index in [4.69, 9.17) is 0 Å². The molecule has 2 aliphatic rings. The minimum Gasteiger partial charge on any atom is -0.316 e. The van der Waals surface area contributed by atoms with Gasteiger partial charge in [-0.05, 0) is 68.5 Å². The van der Waals surface area contributed by atoms with Crippen molar-refractivity contribution in [3.05, 3.63) is 29.1 Å². The van der Waals surface area contributed by atoms with E-state index < -0.39 is 10.0 Å². The van der Waals surface area contributed by atoms with Crippen LogP contribution in [0.15, 0.2) is 17.0 Å². The van der Waals surface area contributed by atoms with Crippen molar-refractivity contribution in [1.82, 2.24) is 9.62 Å². The van der Waals surface area contributed by atoms with E-state index in [0.29, 0.717) is 36.1 Å². The summed E-state index contributed by atoms with van der Waals surface area (Å²) in [5.74, 6) is 0.601. The van der Waals surface area contributed by atoms with E-state index in [1.807, 2.05) is 0 Å². The monoisotopic (exact) mass is 348 g/mol. The van der Waals surface area contributed by atoms with E-state index in [-0.39, 0.29) is 23.1 Å². The number of nitrogens with zero attached hydrogens (tertiary/aromatic N) is 1. The van der Waals surface area contributed by atoms with Gasteiger partial charge in [-0.1, -0.05) is 0 Å². The normalized spacial score (nSPS) is 25.6. The van der Waals surface area contributed by atoms with Crippen LogP contribution in [0, 0.1) is 31.5 Å². The molecule has 2 heterocycles. The van der Waals surface area contributed by atoms with E-state index in [2.05, 4.69) is 5.32 Å². The van der Waals surface area contributed by atoms with Crippen LogP contribution in [0.5, 0.6) is 0 Å². The number of sulfonamides is 1. The number of hydrogen-bond acceptors (Lipinski definition) is 3. The molecule has 124 valence electrons. The van der Waals surface area contributed by atoms with E-state index in [1.54, 1.807) is 18.2 Å². The van der Waals surface area contributed by atoms with Crippen molar-refractivity contribution in [1.29, 1.82) is 0 Å². The predicted molar refractivity (Wildman–Crippen MR) is 86.3 cm³/mol. The van der Waals surface area contributed by atoms with Gasteiger partial charge in [-0.2, -0.15) is 4.31 Å². The number of halogens is 2. The molecule has 0 spiro atoms. The first kappa shape index (κ1) is 17.7. The zero-order chi connectivity index (χ0) is 15.2. The zero-order valence-electron chi connectivity index (χ0n) is 12.8. The van der Waals surface area contributed by atoms with E-state index in [0.717, 1.165) is 19.5 Å². The van der Waals surface area contributed by atoms with Crippen LogP contribution in [-0.4, -0.2) is 38.9 Å². The summed E-state index contributed by atoms with van der Waals surface area (Å²) in [5, 5.41) is 3.34. The second kappa shape index (κ2) is 6.43. The molecule has 22 heavy (non-hydrogen) atoms. The molecule has 4 nitrogen and oxygen atoms in total. The van der Waals surface area contributed by atoms with Crippen molar-refractivity contribution in [2.24, 2.45) is 11.8 Å². The predicted octanol–water partition coefficient (Wildman–Crippen LogP) is 2.09. The van der Waals surface area contributed by atoms with Crippen molar-refractivity contribution in [2.45, 2.75) is 25.2 Å². The number of piperidine rings is 1. The minimum absolute atomic E-state index is 0. The van der Waals surface area contributed by atoms with Crippen LogP contribution in [0.3, 0.4) is 0 Å². The van der Waals surface area contributed by atoms with Crippen LogP contribution in [-0.2, 0) is 10.0 Å². The third-order valence-corrected chi connectivity index (χ3v) is 6.86. The van der Waals surface area contributed by atoms with Crippen molar-refractivity contribution < 1.29 is 12.8 Å². The summed E-state index contributed by atoms with van der Waals surface area (Å²) in [4.78, 5) is 0.272. The van der Waals surface area contributed by atoms with Crippen LogP contribution < -0.4 is 5.32 Å². The Hall–Kier alpha value is -0.690. The van der Waals surface area contributed by atoms with Crippen LogP contribution in [0.25, 0.3) is 0 Å². The molecule has 2 fully saturated rings. The molecular weight excluding hydrogens is 327 g/mol. The Morgan fingerprint density at radius 1 is 1.18 bits per heavy atom. The largest absolute Gasteiger partial charge is 0.316 e. The number of benzene rings is 1. The standard InChI is InChI=1S/C15H21FN2O2S.ClH/c1-10-5-14(16)6-11(2)15(10)21(19,20)18-4-3-12-7-17-8-13(12)9-18;/h5-6,12-13,17H,3-4,7-9H2,1-2H3;1H. The molecule has 0 aromatic heterocycles. The fourth-order valence-corrected chi connectivity index (χ4v) is 5.58. The minimum atomic E-state index is -3.54. The maximum absolute atomic E-state index is 13.4. The molecule has 2 unspecified atom stereocenters. The Labute approximate surface area is 137 Å². The quantitative estimate of drug-likeness (QED) is 0.890. The summed E-state index contributed by atoms with van der Waals surface area (Å²) in [7, 11) is -3.54. The lowest BCUT2D eigenvalue weighted by Gasteiger charge is -2.34. The van der Waals surface area contributed by atoms with Gasteiger partial charge < -0.3 is 5.32 Å². The van der Waals surface area contributed by atoms with Crippen LogP contribution >= 0.6 is 12.4 Å². The van der Waals surface area contributed by atoms with Crippen molar-refractivity contribution in [3.8, 4) is 0 Å². The maximum Gasteiger partial charge on any atom is 0.243 e. The van der Waals surface area contributed by atoms with Gasteiger partial charge in [0, 0.05) is 13.1 Å². The molecule has 2 atom stereocenters. The Morgan fingerprint density at radius 2 is 1.77 bits per heavy atom. The molecule has 0 amide bonds. The first-order valence-corrected chi connectivity index (χ1v) is 8.81. The molecule has 2 aliphatic heterocycles. The van der Waals surface area contributed by atoms with Gasteiger partial charge in [-0.3, -0.25) is 0 Å². The third kappa shape index (κ3) is 3.02. The average Bonchev–Trinajstić information content (AvgIpc) is 2.83. The Balaban J connectivity index is 0.00000176. The lowest BCUT2D eigenvalue weighted by atomic mass is 9.90. The molecule has 3 rings (SSSR count). The molecule has 1 aromatic carbocycles. The molecular formula is C15H22ClFN2O2S. The first-order valence-electron chi connectivity index (χ1n) is 7.37. The lowest BCUT2D eigenvalue weighted by Crippen LogP contribution is -2.43. The summed E-state index contributed by atoms with van der Waals surface area (Å²) >= 11 is 0. The lowest BCUT2D eigenvalue weighted by molar-refractivity contribution is 0.227. The van der Waals surface area contributed by atoms with E-state index in [1.165, 1.54) is 12.1 Å². The molecule has 2 saturated heterocycles. The number of rotatable bonds is 2. The highest BCUT2D eigenvalue weighted by molar-refractivity contribution is 7.89. The number of fused-ring (bicyclic) bond motifs is 1. The number of hydrogen-bond donors (Lipinski definition) is 1. The highest BCUT2D eigenvalue weighted by Crippen LogP contribution is 2.32. The number of nitrogens with one attached hydrogen (secondary N) is 1. The van der Waals surface area contributed by atoms with Gasteiger partial charge in [-0.25, -0.2) is 12.8 Å². The molecule has 0 saturated carbocycles. The Morgan fingerprint density at radius 3 is 2.41 bits per heavy atom. The second-order valence-corrected chi connectivity index (χ2v) is 8.07. The van der Waals surface area contributed by atoms with Gasteiger partial charge in [0.25, 0.3) is 0 Å². The highest BCUT2D eigenvalue weighted by atomic mass is 35.5. The van der Waals surface area contributed by atoms with Crippen LogP contribution in [0.2, 0.25) is 0 Å². The molecule has 1 N–H and O–H groups in total. The third-order valence-electron chi connectivity index (χ3n) is 4.69. The van der Waals surface area contributed by atoms with Gasteiger partial charge >= 0.3 is 0 Å². The van der Waals surface area contributed by atoms with E-state index in [9.17, 15) is 12.8 Å². The second-order valence-electron chi connectivity index (χ2n) is 6.20. The molecule has 0 aliphatic carbocycles. The average molecular weight is 349 g/mol. The SMILES string of the molecule is Cc1cc(F)cc(C)c1S(=O)(=O)N1CCC2CNCC2C1.Cl. The van der Waals surface area contributed by atoms with Crippen molar-refractivity contribution >= 4 is 22.4 Å². The van der Waals surface area contributed by atoms with Crippen LogP contribution in [0.1, 0.15) is 17.5 Å². The molecule has 7 heteroatoms. The van der Waals surface area contributed by atoms with Gasteiger partial charge in [-0.15, -0.1) is 12.4 Å². The van der Waals surface area contributed by atoms with Crippen molar-refractivity contribution in [3.63, 3.8) is 0 Å². The first-order chi connectivity index (χ1) is 9.89. The summed E-state index contributed by atoms with van der Waals surface area (Å²) in [6, 6.07) is 2.59. The van der Waals surface area contributed by atoms with Gasteiger partial charge in [0.15, 0.2) is 0 Å². The molecule has 0 radical (unpaired) electrons. The summed E-state index contributed by atoms with van der Waals surface area (Å²) in [6.45, 7) is 6.32. The van der Waals surface area contributed by atoms with Gasteiger partial charge in [0.1, 0.15) is 5.82 Å². The summed E-state index contributed by atoms with van der Waals surface area (Å²) in [6.07, 6.45) is 0.899. The topological polar surface area (TPSA) is 49.4 Å². The fourth-order valence-electron chi connectivity index (χ4n) is 3.65. The highest BCUT2D eigenvalue weighted by Gasteiger charge is 2.38. The zero-order valence-corrected chi connectivity index (χ0v) is 14.4. The molecule has 0 bridgehead atoms. The van der Waals surface area contributed by atoms with Crippen molar-refractivity contribution in [2.75, 3.05) is 26.2 Å². The smallest absolute Gasteiger partial charge is 0.243 e.